The topological polar surface area (TPSA) is 313 Å². The third kappa shape index (κ3) is 8.71. The Labute approximate surface area is 415 Å². The number of ether oxygens (including phenoxy) is 8. The lowest BCUT2D eigenvalue weighted by Gasteiger charge is -2.71. The first-order valence-corrected chi connectivity index (χ1v) is 26.0. The smallest absolute Gasteiger partial charge is 0.317 e. The molecule has 26 atom stereocenters. The molecule has 0 aromatic carbocycles. The Morgan fingerprint density at radius 3 is 1.86 bits per heavy atom. The first kappa shape index (κ1) is 54.3. The van der Waals surface area contributed by atoms with E-state index in [2.05, 4.69) is 54.5 Å². The van der Waals surface area contributed by atoms with Gasteiger partial charge in [0.05, 0.1) is 38.1 Å². The van der Waals surface area contributed by atoms with Gasteiger partial charge in [-0.1, -0.05) is 60.1 Å². The molecule has 0 unspecified atom stereocenters. The predicted molar refractivity (Wildman–Crippen MR) is 245 cm³/mol. The number of hydrogen-bond acceptors (Lipinski definition) is 20. The van der Waals surface area contributed by atoms with E-state index in [0.29, 0.717) is 37.5 Å². The van der Waals surface area contributed by atoms with E-state index in [1.165, 1.54) is 6.92 Å². The number of fused-ring (bicyclic) bond motifs is 7. The third-order valence-corrected chi connectivity index (χ3v) is 20.2. The minimum absolute atomic E-state index is 0.0349. The summed E-state index contributed by atoms with van der Waals surface area (Å²) < 4.78 is 46.6. The molecule has 5 aliphatic carbocycles. The molecule has 0 amide bonds. The van der Waals surface area contributed by atoms with Crippen LogP contribution in [0.1, 0.15) is 113 Å². The fourth-order valence-corrected chi connectivity index (χ4v) is 15.7. The Bertz CT molecular complexity index is 1970. The summed E-state index contributed by atoms with van der Waals surface area (Å²) in [6, 6.07) is 0. The van der Waals surface area contributed by atoms with Crippen LogP contribution < -0.4 is 0 Å². The van der Waals surface area contributed by atoms with Gasteiger partial charge in [-0.15, -0.1) is 0 Å². The van der Waals surface area contributed by atoms with Crippen molar-refractivity contribution in [1.29, 1.82) is 0 Å². The van der Waals surface area contributed by atoms with Crippen molar-refractivity contribution >= 4 is 5.97 Å². The summed E-state index contributed by atoms with van der Waals surface area (Å²) in [5.41, 5.74) is -1.36. The minimum atomic E-state index is -1.91. The van der Waals surface area contributed by atoms with Crippen molar-refractivity contribution in [3.63, 3.8) is 0 Å². The Morgan fingerprint density at radius 2 is 1.17 bits per heavy atom. The van der Waals surface area contributed by atoms with E-state index in [-0.39, 0.29) is 27.8 Å². The number of carbonyl (C=O) groups excluding carboxylic acids is 1. The van der Waals surface area contributed by atoms with Gasteiger partial charge in [-0.05, 0) is 110 Å². The number of esters is 1. The molecule has 20 heteroatoms. The molecule has 0 radical (unpaired) electrons. The molecule has 4 saturated heterocycles. The maximum absolute atomic E-state index is 15.2. The van der Waals surface area contributed by atoms with E-state index in [1.807, 2.05) is 0 Å². The number of rotatable bonds is 8. The fourth-order valence-electron chi connectivity index (χ4n) is 15.7. The van der Waals surface area contributed by atoms with Gasteiger partial charge in [-0.25, -0.2) is 0 Å². The summed E-state index contributed by atoms with van der Waals surface area (Å²) in [5.74, 6) is -0.511. The van der Waals surface area contributed by atoms with Gasteiger partial charge in [0.2, 0.25) is 6.29 Å². The minimum Gasteiger partial charge on any atom is -0.432 e. The summed E-state index contributed by atoms with van der Waals surface area (Å²) in [7, 11) is 0. The van der Waals surface area contributed by atoms with Crippen molar-refractivity contribution in [2.75, 3.05) is 19.8 Å². The van der Waals surface area contributed by atoms with Crippen molar-refractivity contribution in [3.8, 4) is 0 Å². The van der Waals surface area contributed by atoms with Crippen LogP contribution in [0.25, 0.3) is 0 Å². The van der Waals surface area contributed by atoms with E-state index in [1.54, 1.807) is 0 Å². The third-order valence-electron chi connectivity index (χ3n) is 20.2. The zero-order valence-corrected chi connectivity index (χ0v) is 42.4. The second-order valence-corrected chi connectivity index (χ2v) is 25.0. The van der Waals surface area contributed by atoms with E-state index in [9.17, 15) is 56.2 Å². The molecule has 9 rings (SSSR count). The average molecular weight is 1020 g/mol. The molecular weight excluding hydrogens is 933 g/mol. The first-order chi connectivity index (χ1) is 33.1. The van der Waals surface area contributed by atoms with Gasteiger partial charge in [-0.3, -0.25) is 4.79 Å². The monoisotopic (exact) mass is 1010 g/mol. The lowest BCUT2D eigenvalue weighted by atomic mass is 9.33. The number of aliphatic hydroxyl groups is 11. The van der Waals surface area contributed by atoms with E-state index < -0.39 is 153 Å². The van der Waals surface area contributed by atoms with Crippen molar-refractivity contribution in [2.24, 2.45) is 50.2 Å². The van der Waals surface area contributed by atoms with Crippen molar-refractivity contribution in [1.82, 2.24) is 0 Å². The average Bonchev–Trinajstić information content (AvgIpc) is 3.30. The number of allylic oxidation sites excluding steroid dienone is 2. The van der Waals surface area contributed by atoms with Crippen LogP contribution in [-0.4, -0.2) is 199 Å². The molecule has 8 fully saturated rings. The second-order valence-electron chi connectivity index (χ2n) is 25.0. The molecule has 0 bridgehead atoms. The molecular formula is C51H82O20. The first-order valence-electron chi connectivity index (χ1n) is 26.0. The molecule has 20 nitrogen and oxygen atoms in total. The summed E-state index contributed by atoms with van der Waals surface area (Å²) in [6.45, 7) is 16.0. The highest BCUT2D eigenvalue weighted by atomic mass is 16.8. The predicted octanol–water partition coefficient (Wildman–Crippen LogP) is -0.120. The van der Waals surface area contributed by atoms with Crippen molar-refractivity contribution < 1.29 is 98.9 Å². The van der Waals surface area contributed by atoms with Gasteiger partial charge >= 0.3 is 5.97 Å². The highest BCUT2D eigenvalue weighted by Crippen LogP contribution is 2.76. The summed E-state index contributed by atoms with van der Waals surface area (Å²) in [6.07, 6.45) is -20.1. The molecule has 4 saturated carbocycles. The lowest BCUT2D eigenvalue weighted by molar-refractivity contribution is -0.375. The SMILES string of the molecule is C[C@@H]1O[C@@H](O[C@H]2[C@H](OC(=O)[C@]34CCC(C)(C)C[C@H]3C3=CC[C@@H]5[C@@]6(C)CC[C@H](O)C(C)(C)[C@@H]6CC[C@@]5(C)[C@]3(C)C[C@H]4O)OC[C@H](O)[C@@H]2O)[C@H](O)[C@H](O)[C@H]1O[C@@H]1OC[C@@H](O)[C@H](O[C@@H]2OC[C@@H](O)[C@H](O)[C@H]2O)[C@H]1O. The zero-order chi connectivity index (χ0) is 51.7. The van der Waals surface area contributed by atoms with Crippen LogP contribution in [0, 0.1) is 50.2 Å². The highest BCUT2D eigenvalue weighted by molar-refractivity contribution is 5.80. The van der Waals surface area contributed by atoms with Gasteiger partial charge in [0.15, 0.2) is 25.0 Å². The molecule has 0 spiro atoms. The van der Waals surface area contributed by atoms with Gasteiger partial charge < -0.3 is 94.1 Å². The van der Waals surface area contributed by atoms with Gasteiger partial charge in [0, 0.05) is 0 Å². The number of hydrogen-bond donors (Lipinski definition) is 11. The molecule has 406 valence electrons. The van der Waals surface area contributed by atoms with Gasteiger partial charge in [0.25, 0.3) is 0 Å². The summed E-state index contributed by atoms with van der Waals surface area (Å²) in [4.78, 5) is 15.2. The highest BCUT2D eigenvalue weighted by Gasteiger charge is 2.72. The summed E-state index contributed by atoms with van der Waals surface area (Å²) in [5, 5.41) is 121. The molecule has 11 N–H and O–H groups in total. The van der Waals surface area contributed by atoms with Gasteiger partial charge in [0.1, 0.15) is 72.6 Å². The van der Waals surface area contributed by atoms with Crippen LogP contribution in [0.15, 0.2) is 11.6 Å². The Kier molecular flexibility index (Phi) is 14.7. The maximum Gasteiger partial charge on any atom is 0.317 e. The largest absolute Gasteiger partial charge is 0.432 e. The fraction of sp³-hybridized carbons (Fsp3) is 0.941. The Balaban J connectivity index is 0.915. The molecule has 4 aliphatic heterocycles. The number of carbonyl (C=O) groups is 1. The van der Waals surface area contributed by atoms with Crippen LogP contribution in [-0.2, 0) is 42.7 Å². The standard InChI is InChI=1S/C51H82O20/c1-22-38(68-42-37(62)39(27(54)21-65-42)69-41-35(60)32(57)25(52)19-64-41)34(59)36(61)43(67-22)70-40-33(58)26(53)20-66-44(40)71-45(63)51-16-15-46(2,3)17-24(51)23-9-10-29-48(6)13-12-30(55)47(4,5)28(48)11-14-49(29,7)50(23,8)18-31(51)56/h9,22,24-44,52-62H,10-21H2,1-8H3/t22-,24-,25+,26-,27+,28-,29+,30-,31+,32-,33-,34-,35+,36+,37+,38-,39-,40+,41-,42-,43-,44-,48-,49+,50+,51+/m0/s1. The van der Waals surface area contributed by atoms with Crippen molar-refractivity contribution in [3.05, 3.63) is 11.6 Å². The van der Waals surface area contributed by atoms with Crippen LogP contribution in [0.5, 0.6) is 0 Å². The van der Waals surface area contributed by atoms with E-state index in [4.69, 9.17) is 37.9 Å². The second kappa shape index (κ2) is 19.2. The Hall–Kier alpha value is -1.51. The van der Waals surface area contributed by atoms with Crippen LogP contribution >= 0.6 is 0 Å². The van der Waals surface area contributed by atoms with Crippen molar-refractivity contribution in [2.45, 2.75) is 230 Å². The van der Waals surface area contributed by atoms with Crippen LogP contribution in [0.3, 0.4) is 0 Å². The van der Waals surface area contributed by atoms with E-state index >= 15 is 4.79 Å². The lowest BCUT2D eigenvalue weighted by Crippen LogP contribution is -2.68. The van der Waals surface area contributed by atoms with Crippen LogP contribution in [0.4, 0.5) is 0 Å². The molecule has 9 aliphatic rings. The Morgan fingerprint density at radius 1 is 0.577 bits per heavy atom. The summed E-state index contributed by atoms with van der Waals surface area (Å²) >= 11 is 0. The quantitative estimate of drug-likeness (QED) is 0.112. The molecule has 71 heavy (non-hydrogen) atoms. The zero-order valence-electron chi connectivity index (χ0n) is 42.4. The maximum atomic E-state index is 15.2. The molecule has 0 aromatic heterocycles. The molecule has 4 heterocycles. The van der Waals surface area contributed by atoms with Crippen LogP contribution in [0.2, 0.25) is 0 Å². The van der Waals surface area contributed by atoms with E-state index in [0.717, 1.165) is 37.7 Å². The normalized spacial score (nSPS) is 54.8. The molecule has 0 aromatic rings. The number of aliphatic hydroxyl groups excluding tert-OH is 11. The van der Waals surface area contributed by atoms with Gasteiger partial charge in [-0.2, -0.15) is 0 Å².